The summed E-state index contributed by atoms with van der Waals surface area (Å²) in [4.78, 5) is 6.99. The van der Waals surface area contributed by atoms with Crippen LogP contribution in [0.15, 0.2) is 72.8 Å². The molecule has 6 nitrogen and oxygen atoms in total. The van der Waals surface area contributed by atoms with Gasteiger partial charge in [-0.2, -0.15) is 0 Å². The minimum atomic E-state index is 0.193. The number of imidazole rings is 1. The molecule has 0 amide bonds. The number of benzene rings is 3. The molecule has 6 heteroatoms. The lowest BCUT2D eigenvalue weighted by molar-refractivity contribution is 0.130. The van der Waals surface area contributed by atoms with Crippen LogP contribution in [-0.2, 0) is 13.2 Å². The zero-order chi connectivity index (χ0) is 24.2. The van der Waals surface area contributed by atoms with Gasteiger partial charge in [0.15, 0.2) is 0 Å². The van der Waals surface area contributed by atoms with Crippen molar-refractivity contribution in [2.75, 3.05) is 13.1 Å². The van der Waals surface area contributed by atoms with Gasteiger partial charge in [-0.25, -0.2) is 4.98 Å². The Hall–Kier alpha value is -3.80. The van der Waals surface area contributed by atoms with Gasteiger partial charge in [0.25, 0.3) is 0 Å². The van der Waals surface area contributed by atoms with Crippen LogP contribution < -0.4 is 9.47 Å². The molecule has 0 aliphatic carbocycles. The molecule has 4 aromatic rings. The normalized spacial score (nSPS) is 14.3. The molecule has 0 bridgehead atoms. The molecule has 1 aromatic heterocycles. The summed E-state index contributed by atoms with van der Waals surface area (Å²) in [5.41, 5.74) is 4.54. The zero-order valence-corrected chi connectivity index (χ0v) is 20.4. The van der Waals surface area contributed by atoms with Gasteiger partial charge in [0.1, 0.15) is 30.0 Å². The molecule has 1 saturated heterocycles. The molecule has 0 spiro atoms. The van der Waals surface area contributed by atoms with Crippen LogP contribution >= 0.6 is 0 Å². The fourth-order valence-corrected chi connectivity index (χ4v) is 4.61. The quantitative estimate of drug-likeness (QED) is 0.275. The number of aromatic nitrogens is 2. The van der Waals surface area contributed by atoms with E-state index in [-0.39, 0.29) is 6.10 Å². The van der Waals surface area contributed by atoms with Gasteiger partial charge in [-0.05, 0) is 61.4 Å². The first-order valence-corrected chi connectivity index (χ1v) is 12.2. The van der Waals surface area contributed by atoms with E-state index < -0.39 is 0 Å². The highest BCUT2D eigenvalue weighted by atomic mass is 16.5. The summed E-state index contributed by atoms with van der Waals surface area (Å²) in [5, 5.41) is 7.78. The van der Waals surface area contributed by atoms with Gasteiger partial charge in [0.05, 0.1) is 16.9 Å². The van der Waals surface area contributed by atoms with Crippen LogP contribution in [0.4, 0.5) is 0 Å². The highest BCUT2D eigenvalue weighted by Crippen LogP contribution is 2.24. The number of nitrogens with zero attached hydrogens (tertiary/aromatic N) is 3. The van der Waals surface area contributed by atoms with Crippen molar-refractivity contribution in [1.29, 1.82) is 5.41 Å². The number of fused-ring (bicyclic) bond motifs is 1. The number of hydrogen-bond acceptors (Lipinski definition) is 4. The van der Waals surface area contributed by atoms with Crippen molar-refractivity contribution < 1.29 is 9.47 Å². The summed E-state index contributed by atoms with van der Waals surface area (Å²) in [7, 11) is 0. The van der Waals surface area contributed by atoms with Gasteiger partial charge in [-0.15, -0.1) is 0 Å². The number of nitrogens with one attached hydrogen (secondary N) is 1. The second-order valence-corrected chi connectivity index (χ2v) is 9.24. The van der Waals surface area contributed by atoms with E-state index in [0.717, 1.165) is 60.8 Å². The summed E-state index contributed by atoms with van der Waals surface area (Å²) in [5.74, 6) is 3.19. The maximum Gasteiger partial charge on any atom is 0.148 e. The van der Waals surface area contributed by atoms with E-state index in [1.807, 2.05) is 37.3 Å². The minimum Gasteiger partial charge on any atom is -0.490 e. The van der Waals surface area contributed by atoms with E-state index in [1.54, 1.807) is 0 Å². The van der Waals surface area contributed by atoms with E-state index in [9.17, 15) is 0 Å². The van der Waals surface area contributed by atoms with E-state index in [4.69, 9.17) is 19.9 Å². The smallest absolute Gasteiger partial charge is 0.148 e. The van der Waals surface area contributed by atoms with Gasteiger partial charge in [-0.1, -0.05) is 36.4 Å². The van der Waals surface area contributed by atoms with Crippen LogP contribution in [0, 0.1) is 12.3 Å². The number of amidine groups is 1. The Morgan fingerprint density at radius 3 is 2.40 bits per heavy atom. The molecular weight excluding hydrogens is 436 g/mol. The Bertz CT molecular complexity index is 1290. The predicted octanol–water partition coefficient (Wildman–Crippen LogP) is 5.81. The van der Waals surface area contributed by atoms with E-state index in [2.05, 4.69) is 58.9 Å². The van der Waals surface area contributed by atoms with Crippen molar-refractivity contribution in [2.45, 2.75) is 45.9 Å². The van der Waals surface area contributed by atoms with Crippen LogP contribution in [0.1, 0.15) is 36.7 Å². The van der Waals surface area contributed by atoms with Crippen molar-refractivity contribution in [2.24, 2.45) is 0 Å². The molecule has 1 fully saturated rings. The highest BCUT2D eigenvalue weighted by Gasteiger charge is 2.20. The lowest BCUT2D eigenvalue weighted by Crippen LogP contribution is -2.40. The maximum atomic E-state index is 7.78. The number of piperidine rings is 1. The molecule has 0 unspecified atom stereocenters. The summed E-state index contributed by atoms with van der Waals surface area (Å²) < 4.78 is 14.6. The molecule has 3 aromatic carbocycles. The van der Waals surface area contributed by atoms with Crippen molar-refractivity contribution in [3.63, 3.8) is 0 Å². The van der Waals surface area contributed by atoms with E-state index in [0.29, 0.717) is 12.4 Å². The van der Waals surface area contributed by atoms with Crippen LogP contribution in [0.25, 0.3) is 11.0 Å². The molecule has 0 saturated carbocycles. The number of ether oxygens (including phenoxy) is 2. The maximum absolute atomic E-state index is 7.78. The monoisotopic (exact) mass is 468 g/mol. The third-order valence-electron chi connectivity index (χ3n) is 6.58. The Labute approximate surface area is 206 Å². The Kier molecular flexibility index (Phi) is 6.70. The molecule has 5 rings (SSSR count). The molecule has 180 valence electrons. The lowest BCUT2D eigenvalue weighted by Gasteiger charge is -2.32. The van der Waals surface area contributed by atoms with Gasteiger partial charge in [-0.3, -0.25) is 5.41 Å². The second kappa shape index (κ2) is 10.2. The van der Waals surface area contributed by atoms with Crippen LogP contribution in [-0.4, -0.2) is 39.5 Å². The van der Waals surface area contributed by atoms with Crippen molar-refractivity contribution in [1.82, 2.24) is 14.5 Å². The van der Waals surface area contributed by atoms with Crippen LogP contribution in [0.3, 0.4) is 0 Å². The van der Waals surface area contributed by atoms with E-state index >= 15 is 0 Å². The Morgan fingerprint density at radius 2 is 1.69 bits per heavy atom. The molecule has 2 heterocycles. The largest absolute Gasteiger partial charge is 0.490 e. The molecular formula is C29H32N4O2. The standard InChI is InChI=1S/C29H32N4O2/c1-21-8-13-28-27(18-21)31-29(33(28)19-23-6-4-3-5-7-23)20-34-24-9-11-25(12-10-24)35-26-14-16-32(17-15-26)22(2)30/h3-13,18,26,30H,14-17,19-20H2,1-2H3. The predicted molar refractivity (Wildman–Crippen MR) is 139 cm³/mol. The second-order valence-electron chi connectivity index (χ2n) is 9.24. The molecule has 35 heavy (non-hydrogen) atoms. The fourth-order valence-electron chi connectivity index (χ4n) is 4.61. The first-order valence-electron chi connectivity index (χ1n) is 12.2. The zero-order valence-electron chi connectivity index (χ0n) is 20.4. The number of likely N-dealkylation sites (tertiary alicyclic amines) is 1. The average molecular weight is 469 g/mol. The lowest BCUT2D eigenvalue weighted by atomic mass is 10.1. The van der Waals surface area contributed by atoms with Crippen LogP contribution in [0.2, 0.25) is 0 Å². The van der Waals surface area contributed by atoms with Gasteiger partial charge in [0, 0.05) is 32.5 Å². The van der Waals surface area contributed by atoms with Crippen LogP contribution in [0.5, 0.6) is 11.5 Å². The fraction of sp³-hybridized carbons (Fsp3) is 0.310. The minimum absolute atomic E-state index is 0.193. The summed E-state index contributed by atoms with van der Waals surface area (Å²) >= 11 is 0. The summed E-state index contributed by atoms with van der Waals surface area (Å²) in [6, 6.07) is 24.7. The third-order valence-corrected chi connectivity index (χ3v) is 6.58. The van der Waals surface area contributed by atoms with Crippen molar-refractivity contribution in [3.05, 3.63) is 89.7 Å². The molecule has 1 aliphatic rings. The topological polar surface area (TPSA) is 63.4 Å². The Morgan fingerprint density at radius 1 is 0.971 bits per heavy atom. The first kappa shape index (κ1) is 23.0. The number of rotatable bonds is 7. The summed E-state index contributed by atoms with van der Waals surface area (Å²) in [6.07, 6.45) is 2.07. The van der Waals surface area contributed by atoms with Crippen molar-refractivity contribution in [3.8, 4) is 11.5 Å². The molecule has 1 aliphatic heterocycles. The highest BCUT2D eigenvalue weighted by molar-refractivity contribution is 5.77. The van der Waals surface area contributed by atoms with Gasteiger partial charge >= 0.3 is 0 Å². The number of aryl methyl sites for hydroxylation is 1. The molecule has 0 atom stereocenters. The number of hydrogen-bond donors (Lipinski definition) is 1. The first-order chi connectivity index (χ1) is 17.0. The van der Waals surface area contributed by atoms with Gasteiger partial charge < -0.3 is 18.9 Å². The summed E-state index contributed by atoms with van der Waals surface area (Å²) in [6.45, 7) is 6.84. The third kappa shape index (κ3) is 5.48. The molecule has 0 radical (unpaired) electrons. The Balaban J connectivity index is 1.25. The average Bonchev–Trinajstić information content (AvgIpc) is 3.20. The van der Waals surface area contributed by atoms with Crippen molar-refractivity contribution >= 4 is 16.9 Å². The van der Waals surface area contributed by atoms with E-state index in [1.165, 1.54) is 11.1 Å². The SMILES string of the molecule is CC(=N)N1CCC(Oc2ccc(OCc3nc4cc(C)ccc4n3Cc3ccccc3)cc2)CC1. The van der Waals surface area contributed by atoms with Gasteiger partial charge in [0.2, 0.25) is 0 Å². The molecule has 1 N–H and O–H groups in total.